The lowest BCUT2D eigenvalue weighted by molar-refractivity contribution is -0.221. The molecule has 0 saturated carbocycles. The molecule has 0 unspecified atom stereocenters. The maximum absolute atomic E-state index is 13.6. The van der Waals surface area contributed by atoms with Crippen molar-refractivity contribution in [2.75, 3.05) is 33.9 Å². The van der Waals surface area contributed by atoms with E-state index >= 15 is 0 Å². The van der Waals surface area contributed by atoms with Crippen LogP contribution in [0.2, 0.25) is 0 Å². The molecule has 1 aromatic carbocycles. The van der Waals surface area contributed by atoms with E-state index in [4.69, 9.17) is 19.1 Å². The van der Waals surface area contributed by atoms with Gasteiger partial charge in [-0.2, -0.15) is 5.06 Å². The highest BCUT2D eigenvalue weighted by molar-refractivity contribution is 9.10. The number of aryl methyl sites for hydroxylation is 2. The third-order valence-electron chi connectivity index (χ3n) is 5.62. The molecule has 0 radical (unpaired) electrons. The fourth-order valence-electron chi connectivity index (χ4n) is 4.35. The Labute approximate surface area is 184 Å². The van der Waals surface area contributed by atoms with Gasteiger partial charge in [0.1, 0.15) is 5.54 Å². The van der Waals surface area contributed by atoms with Crippen LogP contribution in [0.25, 0.3) is 5.57 Å². The Morgan fingerprint density at radius 3 is 2.23 bits per heavy atom. The zero-order chi connectivity index (χ0) is 22.1. The van der Waals surface area contributed by atoms with Crippen molar-refractivity contribution in [3.8, 4) is 0 Å². The Morgan fingerprint density at radius 1 is 1.13 bits per heavy atom. The largest absolute Gasteiger partial charge is 0.513 e. The molecule has 2 aliphatic rings. The normalized spacial score (nSPS) is 19.0. The fourth-order valence-corrected chi connectivity index (χ4v) is 5.03. The third-order valence-corrected chi connectivity index (χ3v) is 6.08. The summed E-state index contributed by atoms with van der Waals surface area (Å²) in [4.78, 5) is 36.8. The standard InChI is InChI=1S/C21H27BrN2O6/c1-6-29-20(26)30-18-17(16-13(2)11-15(22)12-14(16)3)19(25)24(28-5)21(18)7-9-23(27-4)10-8-21/h11-12H,6-10H2,1-5H3. The van der Waals surface area contributed by atoms with Crippen LogP contribution in [0.15, 0.2) is 22.4 Å². The summed E-state index contributed by atoms with van der Waals surface area (Å²) in [6, 6.07) is 3.86. The minimum Gasteiger partial charge on any atom is -0.434 e. The predicted octanol–water partition coefficient (Wildman–Crippen LogP) is 3.75. The number of benzene rings is 1. The Morgan fingerprint density at radius 2 is 1.73 bits per heavy atom. The highest BCUT2D eigenvalue weighted by Crippen LogP contribution is 2.48. The van der Waals surface area contributed by atoms with Crippen LogP contribution in [0.1, 0.15) is 36.5 Å². The van der Waals surface area contributed by atoms with Crippen molar-refractivity contribution in [3.05, 3.63) is 39.1 Å². The molecule has 0 bridgehead atoms. The molecule has 0 aromatic heterocycles. The van der Waals surface area contributed by atoms with Crippen molar-refractivity contribution in [2.45, 2.75) is 39.2 Å². The predicted molar refractivity (Wildman–Crippen MR) is 113 cm³/mol. The molecule has 2 aliphatic heterocycles. The number of rotatable bonds is 5. The van der Waals surface area contributed by atoms with Gasteiger partial charge in [-0.15, -0.1) is 0 Å². The zero-order valence-electron chi connectivity index (χ0n) is 17.9. The first-order chi connectivity index (χ1) is 14.3. The van der Waals surface area contributed by atoms with Crippen LogP contribution >= 0.6 is 15.9 Å². The number of nitrogens with zero attached hydrogens (tertiary/aromatic N) is 2. The first-order valence-electron chi connectivity index (χ1n) is 9.83. The first-order valence-corrected chi connectivity index (χ1v) is 10.6. The van der Waals surface area contributed by atoms with E-state index in [0.29, 0.717) is 31.5 Å². The average Bonchev–Trinajstić information content (AvgIpc) is 2.90. The van der Waals surface area contributed by atoms with E-state index < -0.39 is 11.7 Å². The molecule has 8 nitrogen and oxygen atoms in total. The van der Waals surface area contributed by atoms with Crippen molar-refractivity contribution in [1.82, 2.24) is 10.1 Å². The second-order valence-corrected chi connectivity index (χ2v) is 8.24. The lowest BCUT2D eigenvalue weighted by atomic mass is 9.85. The Hall–Kier alpha value is -1.94. The van der Waals surface area contributed by atoms with Gasteiger partial charge in [0, 0.05) is 17.6 Å². The van der Waals surface area contributed by atoms with Gasteiger partial charge in [0.15, 0.2) is 5.76 Å². The zero-order valence-corrected chi connectivity index (χ0v) is 19.5. The fraction of sp³-hybridized carbons (Fsp3) is 0.524. The molecular weight excluding hydrogens is 456 g/mol. The number of piperidine rings is 1. The molecule has 1 aromatic rings. The number of ether oxygens (including phenoxy) is 2. The Kier molecular flexibility index (Phi) is 6.86. The van der Waals surface area contributed by atoms with Gasteiger partial charge in [-0.3, -0.25) is 9.63 Å². The minimum atomic E-state index is -0.922. The number of carbonyl (C=O) groups excluding carboxylic acids is 2. The molecule has 0 N–H and O–H groups in total. The van der Waals surface area contributed by atoms with E-state index in [9.17, 15) is 9.59 Å². The van der Waals surface area contributed by atoms with Crippen molar-refractivity contribution in [2.24, 2.45) is 0 Å². The third kappa shape index (κ3) is 3.87. The highest BCUT2D eigenvalue weighted by atomic mass is 79.9. The molecule has 2 heterocycles. The maximum atomic E-state index is 13.6. The molecule has 0 aliphatic carbocycles. The molecule has 0 atom stereocenters. The average molecular weight is 483 g/mol. The van der Waals surface area contributed by atoms with E-state index in [2.05, 4.69) is 15.9 Å². The van der Waals surface area contributed by atoms with Gasteiger partial charge >= 0.3 is 6.16 Å². The Balaban J connectivity index is 2.21. The van der Waals surface area contributed by atoms with Gasteiger partial charge in [-0.05, 0) is 62.4 Å². The summed E-state index contributed by atoms with van der Waals surface area (Å²) in [6.45, 7) is 6.81. The summed E-state index contributed by atoms with van der Waals surface area (Å²) in [5.74, 6) is -0.0618. The van der Waals surface area contributed by atoms with Crippen molar-refractivity contribution < 1.29 is 28.7 Å². The van der Waals surface area contributed by atoms with Gasteiger partial charge in [0.25, 0.3) is 5.91 Å². The van der Waals surface area contributed by atoms with Crippen LogP contribution in [0, 0.1) is 13.8 Å². The summed E-state index contributed by atoms with van der Waals surface area (Å²) in [6.07, 6.45) is 0.123. The summed E-state index contributed by atoms with van der Waals surface area (Å²) in [5.41, 5.74) is 1.92. The van der Waals surface area contributed by atoms with Gasteiger partial charge in [0.05, 0.1) is 26.4 Å². The van der Waals surface area contributed by atoms with Crippen molar-refractivity contribution in [3.63, 3.8) is 0 Å². The first kappa shape index (κ1) is 22.7. The smallest absolute Gasteiger partial charge is 0.434 e. The van der Waals surface area contributed by atoms with Gasteiger partial charge in [0.2, 0.25) is 0 Å². The second-order valence-electron chi connectivity index (χ2n) is 7.33. The lowest BCUT2D eigenvalue weighted by Crippen LogP contribution is -2.55. The second kappa shape index (κ2) is 9.05. The maximum Gasteiger partial charge on any atom is 0.513 e. The SMILES string of the molecule is CCOC(=O)OC1=C(c2c(C)cc(Br)cc2C)C(=O)N(OC)C12CCN(OC)CC2. The van der Waals surface area contributed by atoms with Crippen LogP contribution in [0.3, 0.4) is 0 Å². The van der Waals surface area contributed by atoms with E-state index in [-0.39, 0.29) is 18.3 Å². The molecule has 9 heteroatoms. The molecule has 1 fully saturated rings. The summed E-state index contributed by atoms with van der Waals surface area (Å²) in [5, 5.41) is 3.14. The minimum absolute atomic E-state index is 0.171. The van der Waals surface area contributed by atoms with E-state index in [1.165, 1.54) is 12.2 Å². The number of halogens is 1. The summed E-state index contributed by atoms with van der Waals surface area (Å²) >= 11 is 3.50. The van der Waals surface area contributed by atoms with Crippen LogP contribution < -0.4 is 0 Å². The van der Waals surface area contributed by atoms with Crippen LogP contribution in [-0.2, 0) is 23.9 Å². The van der Waals surface area contributed by atoms with E-state index in [0.717, 1.165) is 21.2 Å². The van der Waals surface area contributed by atoms with Crippen LogP contribution in [0.4, 0.5) is 4.79 Å². The van der Waals surface area contributed by atoms with Crippen molar-refractivity contribution in [1.29, 1.82) is 0 Å². The van der Waals surface area contributed by atoms with Gasteiger partial charge < -0.3 is 14.3 Å². The number of hydrogen-bond acceptors (Lipinski definition) is 7. The van der Waals surface area contributed by atoms with Gasteiger partial charge in [-0.1, -0.05) is 15.9 Å². The number of hydrogen-bond donors (Lipinski definition) is 0. The topological polar surface area (TPSA) is 77.5 Å². The molecule has 3 rings (SSSR count). The molecular formula is C21H27BrN2O6. The van der Waals surface area contributed by atoms with Crippen molar-refractivity contribution >= 4 is 33.6 Å². The van der Waals surface area contributed by atoms with Gasteiger partial charge in [-0.25, -0.2) is 9.86 Å². The van der Waals surface area contributed by atoms with Crippen LogP contribution in [-0.4, -0.2) is 61.6 Å². The number of hydroxylamine groups is 4. The molecule has 1 amide bonds. The monoisotopic (exact) mass is 482 g/mol. The highest BCUT2D eigenvalue weighted by Gasteiger charge is 2.57. The molecule has 164 valence electrons. The molecule has 1 spiro atoms. The Bertz CT molecular complexity index is 853. The number of amides is 1. The molecule has 30 heavy (non-hydrogen) atoms. The number of carbonyl (C=O) groups is 2. The van der Waals surface area contributed by atoms with Crippen LogP contribution in [0.5, 0.6) is 0 Å². The lowest BCUT2D eigenvalue weighted by Gasteiger charge is -2.42. The molecule has 1 saturated heterocycles. The van der Waals surface area contributed by atoms with E-state index in [1.54, 1.807) is 19.1 Å². The summed E-state index contributed by atoms with van der Waals surface area (Å²) < 4.78 is 11.7. The van der Waals surface area contributed by atoms with E-state index in [1.807, 2.05) is 26.0 Å². The summed E-state index contributed by atoms with van der Waals surface area (Å²) in [7, 11) is 3.06. The quantitative estimate of drug-likeness (QED) is 0.591.